The number of anilines is 1. The number of piperidine rings is 1. The van der Waals surface area contributed by atoms with Gasteiger partial charge in [-0.15, -0.1) is 10.2 Å². The molecule has 2 aromatic rings. The standard InChI is InChI=1S/C15H17ClN4/c16-13-6-2-1-5-12(13)14-7-8-15(19-18-14)20-9-3-4-11(17)10-20/h1-2,5-8,11H,3-4,9-10,17H2/t11-/m0/s1. The Bertz CT molecular complexity index is 585. The summed E-state index contributed by atoms with van der Waals surface area (Å²) in [5.41, 5.74) is 7.69. The molecule has 1 fully saturated rings. The van der Waals surface area contributed by atoms with Crippen LogP contribution < -0.4 is 10.6 Å². The zero-order chi connectivity index (χ0) is 13.9. The Morgan fingerprint density at radius 2 is 2.00 bits per heavy atom. The molecule has 1 aromatic carbocycles. The van der Waals surface area contributed by atoms with Crippen molar-refractivity contribution in [3.05, 3.63) is 41.4 Å². The minimum atomic E-state index is 0.230. The van der Waals surface area contributed by atoms with Crippen LogP contribution in [-0.2, 0) is 0 Å². The Labute approximate surface area is 123 Å². The van der Waals surface area contributed by atoms with Crippen molar-refractivity contribution in [3.63, 3.8) is 0 Å². The fraction of sp³-hybridized carbons (Fsp3) is 0.333. The summed E-state index contributed by atoms with van der Waals surface area (Å²) < 4.78 is 0. The SMILES string of the molecule is N[C@H]1CCCN(c2ccc(-c3ccccc3Cl)nn2)C1. The van der Waals surface area contributed by atoms with Gasteiger partial charge in [0, 0.05) is 24.7 Å². The third kappa shape index (κ3) is 2.76. The lowest BCUT2D eigenvalue weighted by Gasteiger charge is -2.31. The first-order valence-corrected chi connectivity index (χ1v) is 7.21. The van der Waals surface area contributed by atoms with E-state index in [2.05, 4.69) is 15.1 Å². The zero-order valence-corrected chi connectivity index (χ0v) is 11.9. The molecule has 1 aromatic heterocycles. The monoisotopic (exact) mass is 288 g/mol. The molecule has 0 radical (unpaired) electrons. The van der Waals surface area contributed by atoms with E-state index in [0.29, 0.717) is 5.02 Å². The molecule has 0 unspecified atom stereocenters. The molecule has 0 saturated carbocycles. The van der Waals surface area contributed by atoms with Gasteiger partial charge in [0.2, 0.25) is 0 Å². The van der Waals surface area contributed by atoms with Gasteiger partial charge in [-0.3, -0.25) is 0 Å². The van der Waals surface area contributed by atoms with Gasteiger partial charge in [-0.1, -0.05) is 29.8 Å². The number of benzene rings is 1. The molecule has 0 aliphatic carbocycles. The largest absolute Gasteiger partial charge is 0.354 e. The lowest BCUT2D eigenvalue weighted by atomic mass is 10.1. The minimum Gasteiger partial charge on any atom is -0.354 e. The van der Waals surface area contributed by atoms with Crippen LogP contribution in [0.1, 0.15) is 12.8 Å². The van der Waals surface area contributed by atoms with Crippen molar-refractivity contribution in [1.82, 2.24) is 10.2 Å². The van der Waals surface area contributed by atoms with Crippen molar-refractivity contribution in [3.8, 4) is 11.3 Å². The van der Waals surface area contributed by atoms with Gasteiger partial charge >= 0.3 is 0 Å². The fourth-order valence-electron chi connectivity index (χ4n) is 2.52. The molecule has 2 heterocycles. The molecule has 0 bridgehead atoms. The Hall–Kier alpha value is -1.65. The van der Waals surface area contributed by atoms with Gasteiger partial charge in [-0.25, -0.2) is 0 Å². The number of halogens is 1. The van der Waals surface area contributed by atoms with E-state index in [1.54, 1.807) is 0 Å². The first-order valence-electron chi connectivity index (χ1n) is 6.83. The van der Waals surface area contributed by atoms with Gasteiger partial charge in [-0.05, 0) is 31.0 Å². The van der Waals surface area contributed by atoms with Crippen LogP contribution in [0, 0.1) is 0 Å². The van der Waals surface area contributed by atoms with E-state index in [1.807, 2.05) is 36.4 Å². The molecule has 0 amide bonds. The average Bonchev–Trinajstić information content (AvgIpc) is 2.48. The number of hydrogen-bond donors (Lipinski definition) is 1. The topological polar surface area (TPSA) is 55.0 Å². The van der Waals surface area contributed by atoms with E-state index in [4.69, 9.17) is 17.3 Å². The van der Waals surface area contributed by atoms with Crippen LogP contribution in [-0.4, -0.2) is 29.3 Å². The van der Waals surface area contributed by atoms with Gasteiger partial charge in [0.1, 0.15) is 0 Å². The van der Waals surface area contributed by atoms with Crippen molar-refractivity contribution in [2.75, 3.05) is 18.0 Å². The molecule has 3 rings (SSSR count). The molecule has 104 valence electrons. The van der Waals surface area contributed by atoms with Crippen LogP contribution in [0.2, 0.25) is 5.02 Å². The van der Waals surface area contributed by atoms with Gasteiger partial charge in [0.15, 0.2) is 5.82 Å². The van der Waals surface area contributed by atoms with Gasteiger partial charge in [0.05, 0.1) is 10.7 Å². The van der Waals surface area contributed by atoms with Crippen LogP contribution in [0.3, 0.4) is 0 Å². The maximum atomic E-state index is 6.17. The van der Waals surface area contributed by atoms with Crippen LogP contribution in [0.4, 0.5) is 5.82 Å². The average molecular weight is 289 g/mol. The highest BCUT2D eigenvalue weighted by Gasteiger charge is 2.18. The summed E-state index contributed by atoms with van der Waals surface area (Å²) in [6.07, 6.45) is 2.19. The first-order chi connectivity index (χ1) is 9.74. The molecular formula is C15H17ClN4. The lowest BCUT2D eigenvalue weighted by Crippen LogP contribution is -2.43. The number of rotatable bonds is 2. The van der Waals surface area contributed by atoms with Crippen molar-refractivity contribution >= 4 is 17.4 Å². The number of hydrogen-bond acceptors (Lipinski definition) is 4. The summed E-state index contributed by atoms with van der Waals surface area (Å²) >= 11 is 6.17. The van der Waals surface area contributed by atoms with Crippen LogP contribution in [0.5, 0.6) is 0 Å². The Kier molecular flexibility index (Phi) is 3.85. The van der Waals surface area contributed by atoms with Crippen molar-refractivity contribution < 1.29 is 0 Å². The summed E-state index contributed by atoms with van der Waals surface area (Å²) in [4.78, 5) is 2.19. The highest BCUT2D eigenvalue weighted by atomic mass is 35.5. The zero-order valence-electron chi connectivity index (χ0n) is 11.2. The fourth-order valence-corrected chi connectivity index (χ4v) is 2.76. The Morgan fingerprint density at radius 3 is 2.70 bits per heavy atom. The van der Waals surface area contributed by atoms with E-state index in [0.717, 1.165) is 43.0 Å². The molecule has 1 aliphatic rings. The maximum Gasteiger partial charge on any atom is 0.151 e. The molecule has 1 aliphatic heterocycles. The second kappa shape index (κ2) is 5.77. The molecule has 2 N–H and O–H groups in total. The van der Waals surface area contributed by atoms with Crippen LogP contribution >= 0.6 is 11.6 Å². The van der Waals surface area contributed by atoms with Gasteiger partial charge in [-0.2, -0.15) is 0 Å². The Morgan fingerprint density at radius 1 is 1.15 bits per heavy atom. The summed E-state index contributed by atoms with van der Waals surface area (Å²) in [6, 6.07) is 11.8. The molecule has 4 nitrogen and oxygen atoms in total. The highest BCUT2D eigenvalue weighted by Crippen LogP contribution is 2.26. The minimum absolute atomic E-state index is 0.230. The van der Waals surface area contributed by atoms with E-state index in [1.165, 1.54) is 0 Å². The maximum absolute atomic E-state index is 6.17. The molecule has 20 heavy (non-hydrogen) atoms. The highest BCUT2D eigenvalue weighted by molar-refractivity contribution is 6.33. The van der Waals surface area contributed by atoms with E-state index < -0.39 is 0 Å². The predicted octanol–water partition coefficient (Wildman–Crippen LogP) is 2.72. The summed E-state index contributed by atoms with van der Waals surface area (Å²) in [7, 11) is 0. The quantitative estimate of drug-likeness (QED) is 0.923. The number of nitrogens with zero attached hydrogens (tertiary/aromatic N) is 3. The second-order valence-electron chi connectivity index (χ2n) is 5.10. The molecular weight excluding hydrogens is 272 g/mol. The lowest BCUT2D eigenvalue weighted by molar-refractivity contribution is 0.502. The summed E-state index contributed by atoms with van der Waals surface area (Å²) in [6.45, 7) is 1.84. The summed E-state index contributed by atoms with van der Waals surface area (Å²) in [5, 5.41) is 9.30. The predicted molar refractivity (Wildman–Crippen MR) is 81.9 cm³/mol. The molecule has 5 heteroatoms. The van der Waals surface area contributed by atoms with E-state index in [-0.39, 0.29) is 6.04 Å². The third-order valence-electron chi connectivity index (χ3n) is 3.58. The van der Waals surface area contributed by atoms with Crippen LogP contribution in [0.15, 0.2) is 36.4 Å². The normalized spacial score (nSPS) is 19.1. The van der Waals surface area contributed by atoms with Crippen molar-refractivity contribution in [1.29, 1.82) is 0 Å². The van der Waals surface area contributed by atoms with Crippen molar-refractivity contribution in [2.45, 2.75) is 18.9 Å². The molecule has 1 atom stereocenters. The number of aromatic nitrogens is 2. The smallest absolute Gasteiger partial charge is 0.151 e. The van der Waals surface area contributed by atoms with Crippen molar-refractivity contribution in [2.24, 2.45) is 5.73 Å². The molecule has 1 saturated heterocycles. The van der Waals surface area contributed by atoms with Gasteiger partial charge in [0.25, 0.3) is 0 Å². The van der Waals surface area contributed by atoms with Gasteiger partial charge < -0.3 is 10.6 Å². The van der Waals surface area contributed by atoms with Crippen LogP contribution in [0.25, 0.3) is 11.3 Å². The van der Waals surface area contributed by atoms with E-state index in [9.17, 15) is 0 Å². The van der Waals surface area contributed by atoms with E-state index >= 15 is 0 Å². The Balaban J connectivity index is 1.83. The summed E-state index contributed by atoms with van der Waals surface area (Å²) in [5.74, 6) is 0.885. The third-order valence-corrected chi connectivity index (χ3v) is 3.91. The second-order valence-corrected chi connectivity index (χ2v) is 5.51. The number of nitrogens with two attached hydrogens (primary N) is 1. The molecule has 0 spiro atoms. The first kappa shape index (κ1) is 13.3.